The fourth-order valence-electron chi connectivity index (χ4n) is 5.00. The van der Waals surface area contributed by atoms with Gasteiger partial charge in [0.15, 0.2) is 5.60 Å². The van der Waals surface area contributed by atoms with E-state index in [4.69, 9.17) is 25.8 Å². The number of halogens is 1. The molecular weight excluding hydrogens is 466 g/mol. The van der Waals surface area contributed by atoms with Crippen LogP contribution in [0.15, 0.2) is 36.4 Å². The van der Waals surface area contributed by atoms with E-state index < -0.39 is 5.60 Å². The van der Waals surface area contributed by atoms with Gasteiger partial charge in [0.05, 0.1) is 11.8 Å². The van der Waals surface area contributed by atoms with Gasteiger partial charge in [-0.2, -0.15) is 0 Å². The summed E-state index contributed by atoms with van der Waals surface area (Å²) in [6.45, 7) is 11.3. The lowest BCUT2D eigenvalue weighted by Crippen LogP contribution is -2.46. The summed E-state index contributed by atoms with van der Waals surface area (Å²) in [7, 11) is 0. The molecule has 0 aliphatic carbocycles. The monoisotopic (exact) mass is 499 g/mol. The second-order valence-corrected chi connectivity index (χ2v) is 10.6. The minimum atomic E-state index is -0.907. The second-order valence-electron chi connectivity index (χ2n) is 10.2. The van der Waals surface area contributed by atoms with Gasteiger partial charge >= 0.3 is 5.97 Å². The van der Waals surface area contributed by atoms with Crippen molar-refractivity contribution < 1.29 is 23.8 Å². The van der Waals surface area contributed by atoms with Crippen LogP contribution in [0.3, 0.4) is 0 Å². The summed E-state index contributed by atoms with van der Waals surface area (Å²) in [6.07, 6.45) is 0.778. The van der Waals surface area contributed by atoms with Crippen LogP contribution < -0.4 is 10.1 Å². The van der Waals surface area contributed by atoms with Crippen LogP contribution in [-0.2, 0) is 25.5 Å². The normalized spacial score (nSPS) is 27.4. The van der Waals surface area contributed by atoms with E-state index in [0.29, 0.717) is 22.9 Å². The zero-order chi connectivity index (χ0) is 25.5. The van der Waals surface area contributed by atoms with Gasteiger partial charge in [-0.15, -0.1) is 0 Å². The summed E-state index contributed by atoms with van der Waals surface area (Å²) in [4.78, 5) is 24.2. The van der Waals surface area contributed by atoms with Crippen molar-refractivity contribution in [3.8, 4) is 5.75 Å². The summed E-state index contributed by atoms with van der Waals surface area (Å²) in [5.41, 5.74) is 2.59. The molecule has 2 heterocycles. The number of fused-ring (bicyclic) bond motifs is 1. The molecule has 1 N–H and O–H groups in total. The third-order valence-corrected chi connectivity index (χ3v) is 7.62. The average Bonchev–Trinajstić information content (AvgIpc) is 2.79. The van der Waals surface area contributed by atoms with Gasteiger partial charge in [-0.25, -0.2) is 0 Å². The molecule has 1 saturated heterocycles. The molecule has 0 spiro atoms. The van der Waals surface area contributed by atoms with Crippen LogP contribution in [0.5, 0.6) is 5.75 Å². The van der Waals surface area contributed by atoms with E-state index in [9.17, 15) is 9.59 Å². The van der Waals surface area contributed by atoms with Crippen molar-refractivity contribution in [2.45, 2.75) is 78.3 Å². The Morgan fingerprint density at radius 3 is 2.57 bits per heavy atom. The molecule has 3 unspecified atom stereocenters. The Hall–Kier alpha value is -2.57. The first-order valence-electron chi connectivity index (χ1n) is 12.2. The number of carbonyl (C=O) groups is 2. The molecule has 2 aliphatic rings. The van der Waals surface area contributed by atoms with E-state index in [1.807, 2.05) is 36.4 Å². The van der Waals surface area contributed by atoms with Gasteiger partial charge in [-0.3, -0.25) is 9.59 Å². The fraction of sp³-hybridized carbons (Fsp3) is 0.500. The number of benzene rings is 2. The molecule has 6 nitrogen and oxygen atoms in total. The van der Waals surface area contributed by atoms with Crippen LogP contribution in [0.1, 0.15) is 70.8 Å². The topological polar surface area (TPSA) is 73.9 Å². The highest BCUT2D eigenvalue weighted by molar-refractivity contribution is 6.31. The van der Waals surface area contributed by atoms with Crippen molar-refractivity contribution in [3.63, 3.8) is 0 Å². The van der Waals surface area contributed by atoms with Gasteiger partial charge in [-0.1, -0.05) is 50.6 Å². The number of ether oxygens (including phenoxy) is 3. The lowest BCUT2D eigenvalue weighted by Gasteiger charge is -2.44. The van der Waals surface area contributed by atoms with E-state index in [-0.39, 0.29) is 42.0 Å². The number of rotatable bonds is 5. The lowest BCUT2D eigenvalue weighted by molar-refractivity contribution is -0.196. The number of esters is 1. The second kappa shape index (κ2) is 9.82. The Morgan fingerprint density at radius 2 is 1.89 bits per heavy atom. The number of hydrogen-bond donors (Lipinski definition) is 1. The molecule has 1 amide bonds. The Balaban J connectivity index is 1.63. The molecule has 2 aliphatic heterocycles. The number of carbonyl (C=O) groups excluding carboxylic acids is 2. The minimum Gasteiger partial charge on any atom is -0.476 e. The number of hydrogen-bond acceptors (Lipinski definition) is 5. The van der Waals surface area contributed by atoms with E-state index >= 15 is 0 Å². The Labute approximate surface area is 212 Å². The smallest absolute Gasteiger partial charge is 0.303 e. The molecule has 1 fully saturated rings. The van der Waals surface area contributed by atoms with Gasteiger partial charge in [0.2, 0.25) is 0 Å². The highest BCUT2D eigenvalue weighted by Gasteiger charge is 2.43. The zero-order valence-corrected chi connectivity index (χ0v) is 21.9. The molecule has 4 rings (SSSR count). The largest absolute Gasteiger partial charge is 0.476 e. The Bertz CT molecular complexity index is 1130. The standard InChI is InChI=1S/C28H34ClNO5/c1-7-23-15(2)16(3)25(33-17(4)31)26(34-23)19-9-10-21(29)20(14-19)12-18-8-11-24-22(13-18)30-27(32)28(5,6)35-24/h8-11,13-16,23,25-26H,7,12H2,1-6H3,(H,30,32)/t15?,16-,23+,25?,26?/m0/s1. The van der Waals surface area contributed by atoms with Gasteiger partial charge in [0, 0.05) is 17.9 Å². The van der Waals surface area contributed by atoms with E-state index in [0.717, 1.165) is 23.1 Å². The fourth-order valence-corrected chi connectivity index (χ4v) is 5.18. The summed E-state index contributed by atoms with van der Waals surface area (Å²) < 4.78 is 18.1. The van der Waals surface area contributed by atoms with Crippen molar-refractivity contribution in [2.75, 3.05) is 5.32 Å². The Morgan fingerprint density at radius 1 is 1.14 bits per heavy atom. The summed E-state index contributed by atoms with van der Waals surface area (Å²) in [6, 6.07) is 11.6. The van der Waals surface area contributed by atoms with E-state index in [1.165, 1.54) is 6.92 Å². The predicted octanol–water partition coefficient (Wildman–Crippen LogP) is 6.09. The number of nitrogens with one attached hydrogen (secondary N) is 1. The SMILES string of the molecule is CC[C@H]1OC(c2ccc(Cl)c(Cc3ccc4c(c3)NC(=O)C(C)(C)O4)c2)C(OC(C)=O)[C@@H](C)C1C. The summed E-state index contributed by atoms with van der Waals surface area (Å²) in [5, 5.41) is 3.57. The van der Waals surface area contributed by atoms with Crippen LogP contribution in [0.25, 0.3) is 0 Å². The first kappa shape index (κ1) is 25.5. The minimum absolute atomic E-state index is 0.0782. The molecule has 188 valence electrons. The molecule has 0 radical (unpaired) electrons. The van der Waals surface area contributed by atoms with Gasteiger partial charge in [-0.05, 0) is 67.5 Å². The van der Waals surface area contributed by atoms with E-state index in [1.54, 1.807) is 13.8 Å². The quantitative estimate of drug-likeness (QED) is 0.503. The molecule has 35 heavy (non-hydrogen) atoms. The molecule has 7 heteroatoms. The van der Waals surface area contributed by atoms with Crippen molar-refractivity contribution in [3.05, 3.63) is 58.1 Å². The molecule has 0 saturated carbocycles. The maximum atomic E-state index is 12.3. The van der Waals surface area contributed by atoms with Crippen LogP contribution >= 0.6 is 11.6 Å². The van der Waals surface area contributed by atoms with Crippen LogP contribution in [0.2, 0.25) is 5.02 Å². The first-order chi connectivity index (χ1) is 16.5. The molecule has 0 aromatic heterocycles. The molecule has 2 aromatic carbocycles. The van der Waals surface area contributed by atoms with Crippen molar-refractivity contribution in [1.82, 2.24) is 0 Å². The van der Waals surface area contributed by atoms with E-state index in [2.05, 4.69) is 26.1 Å². The third kappa shape index (κ3) is 5.19. The van der Waals surface area contributed by atoms with Crippen LogP contribution in [-0.4, -0.2) is 29.7 Å². The van der Waals surface area contributed by atoms with Gasteiger partial charge < -0.3 is 19.5 Å². The average molecular weight is 500 g/mol. The highest BCUT2D eigenvalue weighted by Crippen LogP contribution is 2.42. The molecule has 0 bridgehead atoms. The van der Waals surface area contributed by atoms with Crippen molar-refractivity contribution in [1.29, 1.82) is 0 Å². The number of anilines is 1. The van der Waals surface area contributed by atoms with Crippen molar-refractivity contribution in [2.24, 2.45) is 11.8 Å². The molecule has 5 atom stereocenters. The summed E-state index contributed by atoms with van der Waals surface area (Å²) >= 11 is 6.60. The predicted molar refractivity (Wildman–Crippen MR) is 136 cm³/mol. The van der Waals surface area contributed by atoms with Crippen molar-refractivity contribution >= 4 is 29.2 Å². The number of amides is 1. The van der Waals surface area contributed by atoms with Gasteiger partial charge in [0.1, 0.15) is 18.0 Å². The highest BCUT2D eigenvalue weighted by atomic mass is 35.5. The van der Waals surface area contributed by atoms with Gasteiger partial charge in [0.25, 0.3) is 5.91 Å². The molecular formula is C28H34ClNO5. The first-order valence-corrected chi connectivity index (χ1v) is 12.6. The zero-order valence-electron chi connectivity index (χ0n) is 21.2. The maximum Gasteiger partial charge on any atom is 0.303 e. The summed E-state index contributed by atoms with van der Waals surface area (Å²) in [5.74, 6) is 0.572. The van der Waals surface area contributed by atoms with Crippen LogP contribution in [0, 0.1) is 11.8 Å². The molecule has 2 aromatic rings. The Kier molecular flexibility index (Phi) is 7.16. The maximum absolute atomic E-state index is 12.3. The van der Waals surface area contributed by atoms with Crippen LogP contribution in [0.4, 0.5) is 5.69 Å². The lowest BCUT2D eigenvalue weighted by atomic mass is 9.78. The third-order valence-electron chi connectivity index (χ3n) is 7.26.